The lowest BCUT2D eigenvalue weighted by atomic mass is 10.0. The average Bonchev–Trinajstić information content (AvgIpc) is 2.47. The van der Waals surface area contributed by atoms with Crippen LogP contribution in [0.15, 0.2) is 42.1 Å². The number of rotatable bonds is 2. The van der Waals surface area contributed by atoms with Crippen LogP contribution in [-0.4, -0.2) is 18.1 Å². The Balaban J connectivity index is 2.14. The zero-order chi connectivity index (χ0) is 13.2. The van der Waals surface area contributed by atoms with Crippen molar-refractivity contribution in [2.24, 2.45) is 5.73 Å². The highest BCUT2D eigenvalue weighted by molar-refractivity contribution is 5.93. The van der Waals surface area contributed by atoms with Crippen LogP contribution >= 0.6 is 0 Å². The van der Waals surface area contributed by atoms with Crippen molar-refractivity contribution < 1.29 is 0 Å². The highest BCUT2D eigenvalue weighted by Gasteiger charge is 2.16. The first kappa shape index (κ1) is 12.2. The molecule has 19 heavy (non-hydrogen) atoms. The van der Waals surface area contributed by atoms with Crippen molar-refractivity contribution in [3.63, 3.8) is 0 Å². The van der Waals surface area contributed by atoms with Gasteiger partial charge in [-0.05, 0) is 19.4 Å². The molecule has 1 aromatic carbocycles. The molecular weight excluding hydrogens is 234 g/mol. The topological polar surface area (TPSA) is 42.1 Å². The van der Waals surface area contributed by atoms with E-state index in [1.54, 1.807) is 0 Å². The second-order valence-corrected chi connectivity index (χ2v) is 5.10. The van der Waals surface area contributed by atoms with Gasteiger partial charge in [-0.25, -0.2) is 0 Å². The van der Waals surface area contributed by atoms with Gasteiger partial charge in [0, 0.05) is 36.8 Å². The third-order valence-corrected chi connectivity index (χ3v) is 3.80. The summed E-state index contributed by atoms with van der Waals surface area (Å²) < 4.78 is 0. The molecule has 3 nitrogen and oxygen atoms in total. The molecule has 2 heterocycles. The normalized spacial score (nSPS) is 15.7. The quantitative estimate of drug-likeness (QED) is 0.837. The average molecular weight is 253 g/mol. The second-order valence-electron chi connectivity index (χ2n) is 5.10. The minimum atomic E-state index is 0.534. The highest BCUT2D eigenvalue weighted by atomic mass is 15.1. The molecule has 1 aromatic heterocycles. The highest BCUT2D eigenvalue weighted by Crippen LogP contribution is 2.31. The summed E-state index contributed by atoms with van der Waals surface area (Å²) in [5.41, 5.74) is 10.8. The second kappa shape index (κ2) is 5.02. The van der Waals surface area contributed by atoms with Crippen molar-refractivity contribution >= 4 is 16.6 Å². The van der Waals surface area contributed by atoms with Gasteiger partial charge >= 0.3 is 0 Å². The maximum Gasteiger partial charge on any atom is 0.0723 e. The smallest absolute Gasteiger partial charge is 0.0723 e. The standard InChI is InChI=1S/C16H19N3/c1-12-6-8-19(9-7-12)16-13(10-17)11-18-15-5-3-2-4-14(15)16/h2-6,11H,7-10,17H2,1H3. The summed E-state index contributed by atoms with van der Waals surface area (Å²) in [6.45, 7) is 4.76. The predicted octanol–water partition coefficient (Wildman–Crippen LogP) is 2.85. The van der Waals surface area contributed by atoms with Gasteiger partial charge < -0.3 is 10.6 Å². The van der Waals surface area contributed by atoms with Crippen LogP contribution in [0, 0.1) is 0 Å². The molecule has 0 saturated heterocycles. The molecule has 1 aliphatic heterocycles. The van der Waals surface area contributed by atoms with Crippen LogP contribution in [0.1, 0.15) is 18.9 Å². The van der Waals surface area contributed by atoms with Crippen LogP contribution in [0.2, 0.25) is 0 Å². The van der Waals surface area contributed by atoms with Crippen LogP contribution in [0.4, 0.5) is 5.69 Å². The van der Waals surface area contributed by atoms with Gasteiger partial charge in [-0.2, -0.15) is 0 Å². The fourth-order valence-electron chi connectivity index (χ4n) is 2.66. The van der Waals surface area contributed by atoms with E-state index in [-0.39, 0.29) is 0 Å². The molecule has 0 spiro atoms. The first-order valence-corrected chi connectivity index (χ1v) is 6.77. The Labute approximate surface area is 113 Å². The van der Waals surface area contributed by atoms with Gasteiger partial charge in [-0.15, -0.1) is 0 Å². The number of para-hydroxylation sites is 1. The lowest BCUT2D eigenvalue weighted by molar-refractivity contribution is 0.784. The summed E-state index contributed by atoms with van der Waals surface area (Å²) in [4.78, 5) is 6.92. The van der Waals surface area contributed by atoms with Crippen molar-refractivity contribution in [1.82, 2.24) is 4.98 Å². The number of fused-ring (bicyclic) bond motifs is 1. The third-order valence-electron chi connectivity index (χ3n) is 3.80. The van der Waals surface area contributed by atoms with Crippen LogP contribution in [0.25, 0.3) is 10.9 Å². The van der Waals surface area contributed by atoms with E-state index < -0.39 is 0 Å². The van der Waals surface area contributed by atoms with Crippen molar-refractivity contribution in [1.29, 1.82) is 0 Å². The zero-order valence-electron chi connectivity index (χ0n) is 11.3. The monoisotopic (exact) mass is 253 g/mol. The Hall–Kier alpha value is -1.87. The summed E-state index contributed by atoms with van der Waals surface area (Å²) in [6.07, 6.45) is 5.35. The molecular formula is C16H19N3. The zero-order valence-corrected chi connectivity index (χ0v) is 11.3. The molecule has 3 heteroatoms. The predicted molar refractivity (Wildman–Crippen MR) is 80.2 cm³/mol. The number of aromatic nitrogens is 1. The molecule has 0 amide bonds. The Kier molecular flexibility index (Phi) is 3.22. The van der Waals surface area contributed by atoms with E-state index in [0.717, 1.165) is 30.6 Å². The summed E-state index contributed by atoms with van der Waals surface area (Å²) >= 11 is 0. The lowest BCUT2D eigenvalue weighted by Crippen LogP contribution is -2.29. The SMILES string of the molecule is CC1=CCN(c2c(CN)cnc3ccccc23)CC1. The van der Waals surface area contributed by atoms with Crippen molar-refractivity contribution in [3.8, 4) is 0 Å². The van der Waals surface area contributed by atoms with Gasteiger partial charge in [0.1, 0.15) is 0 Å². The van der Waals surface area contributed by atoms with E-state index in [2.05, 4.69) is 41.1 Å². The summed E-state index contributed by atoms with van der Waals surface area (Å²) in [7, 11) is 0. The van der Waals surface area contributed by atoms with Gasteiger partial charge in [-0.1, -0.05) is 29.8 Å². The number of benzene rings is 1. The third kappa shape index (κ3) is 2.22. The Morgan fingerprint density at radius 3 is 2.89 bits per heavy atom. The van der Waals surface area contributed by atoms with E-state index in [9.17, 15) is 0 Å². The lowest BCUT2D eigenvalue weighted by Gasteiger charge is -2.30. The molecule has 2 aromatic rings. The Morgan fingerprint density at radius 1 is 1.32 bits per heavy atom. The van der Waals surface area contributed by atoms with Gasteiger partial charge in [0.2, 0.25) is 0 Å². The van der Waals surface area contributed by atoms with Crippen molar-refractivity contribution in [3.05, 3.63) is 47.7 Å². The minimum absolute atomic E-state index is 0.534. The number of nitrogens with two attached hydrogens (primary N) is 1. The first-order valence-electron chi connectivity index (χ1n) is 6.77. The molecule has 0 bridgehead atoms. The van der Waals surface area contributed by atoms with Gasteiger partial charge in [0.15, 0.2) is 0 Å². The maximum atomic E-state index is 5.89. The van der Waals surface area contributed by atoms with E-state index in [0.29, 0.717) is 6.54 Å². The fraction of sp³-hybridized carbons (Fsp3) is 0.312. The maximum absolute atomic E-state index is 5.89. The van der Waals surface area contributed by atoms with E-state index in [4.69, 9.17) is 5.73 Å². The van der Waals surface area contributed by atoms with E-state index >= 15 is 0 Å². The molecule has 0 unspecified atom stereocenters. The molecule has 1 aliphatic rings. The van der Waals surface area contributed by atoms with Crippen molar-refractivity contribution in [2.45, 2.75) is 19.9 Å². The van der Waals surface area contributed by atoms with Gasteiger partial charge in [0.05, 0.1) is 11.2 Å². The summed E-state index contributed by atoms with van der Waals surface area (Å²) in [6, 6.07) is 8.30. The van der Waals surface area contributed by atoms with Crippen LogP contribution in [0.5, 0.6) is 0 Å². The Bertz CT molecular complexity index is 631. The summed E-state index contributed by atoms with van der Waals surface area (Å²) in [5, 5.41) is 1.21. The molecule has 0 saturated carbocycles. The van der Waals surface area contributed by atoms with E-state index in [1.165, 1.54) is 16.6 Å². The Morgan fingerprint density at radius 2 is 2.16 bits per heavy atom. The number of nitrogens with zero attached hydrogens (tertiary/aromatic N) is 2. The van der Waals surface area contributed by atoms with Crippen molar-refractivity contribution in [2.75, 3.05) is 18.0 Å². The van der Waals surface area contributed by atoms with Crippen LogP contribution < -0.4 is 10.6 Å². The molecule has 0 fully saturated rings. The molecule has 0 aliphatic carbocycles. The number of pyridine rings is 1. The van der Waals surface area contributed by atoms with Gasteiger partial charge in [0.25, 0.3) is 0 Å². The largest absolute Gasteiger partial charge is 0.367 e. The molecule has 2 N–H and O–H groups in total. The molecule has 98 valence electrons. The number of hydrogen-bond donors (Lipinski definition) is 1. The van der Waals surface area contributed by atoms with Crippen LogP contribution in [-0.2, 0) is 6.54 Å². The number of hydrogen-bond acceptors (Lipinski definition) is 3. The molecule has 3 rings (SSSR count). The molecule has 0 atom stereocenters. The van der Waals surface area contributed by atoms with Gasteiger partial charge in [-0.3, -0.25) is 4.98 Å². The number of anilines is 1. The molecule has 0 radical (unpaired) electrons. The fourth-order valence-corrected chi connectivity index (χ4v) is 2.66. The minimum Gasteiger partial charge on any atom is -0.367 e. The van der Waals surface area contributed by atoms with Crippen LogP contribution in [0.3, 0.4) is 0 Å². The first-order chi connectivity index (χ1) is 9.29. The summed E-state index contributed by atoms with van der Waals surface area (Å²) in [5.74, 6) is 0. The van der Waals surface area contributed by atoms with E-state index in [1.807, 2.05) is 12.3 Å².